The van der Waals surface area contributed by atoms with Crippen molar-refractivity contribution < 1.29 is 0 Å². The van der Waals surface area contributed by atoms with Crippen molar-refractivity contribution in [2.75, 3.05) is 59.4 Å². The van der Waals surface area contributed by atoms with Gasteiger partial charge in [-0.3, -0.25) is 4.99 Å². The van der Waals surface area contributed by atoms with Gasteiger partial charge in [0.05, 0.1) is 0 Å². The minimum Gasteiger partial charge on any atom is -0.356 e. The number of nitrogens with zero attached hydrogens (tertiary/aromatic N) is 3. The Morgan fingerprint density at radius 1 is 1.05 bits per heavy atom. The Morgan fingerprint density at radius 3 is 2.59 bits per heavy atom. The van der Waals surface area contributed by atoms with Gasteiger partial charge in [-0.2, -0.15) is 0 Å². The number of guanidine groups is 1. The van der Waals surface area contributed by atoms with Gasteiger partial charge in [-0.05, 0) is 57.8 Å². The lowest BCUT2D eigenvalue weighted by atomic mass is 10.1. The van der Waals surface area contributed by atoms with Crippen molar-refractivity contribution in [1.82, 2.24) is 20.4 Å². The molecule has 2 aliphatic heterocycles. The normalized spacial score (nSPS) is 24.6. The van der Waals surface area contributed by atoms with Crippen LogP contribution in [0.1, 0.15) is 39.0 Å². The van der Waals surface area contributed by atoms with Gasteiger partial charge in [-0.15, -0.1) is 0 Å². The molecule has 2 N–H and O–H groups in total. The third-order valence-electron chi connectivity index (χ3n) is 4.86. The number of hydrogen-bond donors (Lipinski definition) is 2. The van der Waals surface area contributed by atoms with E-state index in [1.807, 2.05) is 7.05 Å². The summed E-state index contributed by atoms with van der Waals surface area (Å²) >= 11 is 0. The summed E-state index contributed by atoms with van der Waals surface area (Å²) in [6.07, 6.45) is 6.72. The van der Waals surface area contributed by atoms with Gasteiger partial charge >= 0.3 is 0 Å². The second-order valence-electron chi connectivity index (χ2n) is 6.74. The number of rotatable bonds is 7. The van der Waals surface area contributed by atoms with Crippen molar-refractivity contribution in [3.05, 3.63) is 0 Å². The lowest BCUT2D eigenvalue weighted by Gasteiger charge is -2.26. The molecule has 0 saturated carbocycles. The summed E-state index contributed by atoms with van der Waals surface area (Å²) in [5.41, 5.74) is 0. The molecule has 2 rings (SSSR count). The number of aliphatic imine (C=N–C) groups is 1. The molecule has 0 radical (unpaired) electrons. The third-order valence-corrected chi connectivity index (χ3v) is 4.86. The molecule has 5 nitrogen and oxygen atoms in total. The molecule has 22 heavy (non-hydrogen) atoms. The van der Waals surface area contributed by atoms with Gasteiger partial charge < -0.3 is 20.4 Å². The Hall–Kier alpha value is -0.810. The fraction of sp³-hybridized carbons (Fsp3) is 0.941. The third kappa shape index (κ3) is 6.13. The van der Waals surface area contributed by atoms with Crippen LogP contribution in [0.4, 0.5) is 0 Å². The molecule has 0 spiro atoms. The molecule has 0 amide bonds. The zero-order chi connectivity index (χ0) is 15.6. The number of likely N-dealkylation sites (tertiary alicyclic amines) is 2. The second kappa shape index (κ2) is 10.1. The van der Waals surface area contributed by atoms with Crippen molar-refractivity contribution in [1.29, 1.82) is 0 Å². The number of nitrogens with one attached hydrogen (secondary N) is 2. The average molecular weight is 310 g/mol. The zero-order valence-corrected chi connectivity index (χ0v) is 14.6. The smallest absolute Gasteiger partial charge is 0.191 e. The molecule has 0 bridgehead atoms. The Kier molecular flexibility index (Phi) is 8.02. The maximum Gasteiger partial charge on any atom is 0.191 e. The Bertz CT molecular complexity index is 325. The summed E-state index contributed by atoms with van der Waals surface area (Å²) in [5.74, 6) is 1.73. The molecule has 2 fully saturated rings. The van der Waals surface area contributed by atoms with E-state index in [2.05, 4.69) is 32.3 Å². The van der Waals surface area contributed by atoms with Crippen molar-refractivity contribution >= 4 is 5.96 Å². The van der Waals surface area contributed by atoms with Crippen molar-refractivity contribution in [3.63, 3.8) is 0 Å². The highest BCUT2D eigenvalue weighted by atomic mass is 15.2. The van der Waals surface area contributed by atoms with E-state index in [0.717, 1.165) is 31.5 Å². The molecule has 1 unspecified atom stereocenters. The van der Waals surface area contributed by atoms with Gasteiger partial charge in [0.1, 0.15) is 0 Å². The highest BCUT2D eigenvalue weighted by Crippen LogP contribution is 2.15. The van der Waals surface area contributed by atoms with E-state index in [1.54, 1.807) is 0 Å². The van der Waals surface area contributed by atoms with E-state index < -0.39 is 0 Å². The first-order valence-corrected chi connectivity index (χ1v) is 9.21. The van der Waals surface area contributed by atoms with Crippen LogP contribution in [0.25, 0.3) is 0 Å². The molecule has 0 aromatic rings. The van der Waals surface area contributed by atoms with Crippen LogP contribution in [0.3, 0.4) is 0 Å². The molecule has 128 valence electrons. The average Bonchev–Trinajstić information content (AvgIpc) is 3.00. The van der Waals surface area contributed by atoms with Crippen LogP contribution in [-0.4, -0.2) is 75.2 Å². The van der Waals surface area contributed by atoms with Gasteiger partial charge in [-0.1, -0.05) is 13.3 Å². The Morgan fingerprint density at radius 2 is 1.86 bits per heavy atom. The van der Waals surface area contributed by atoms with E-state index in [9.17, 15) is 0 Å². The standard InChI is InChI=1S/C17H35N5/c1-3-9-22-12-7-16(15-22)14-20-17(18-2)19-8-13-21-10-5-4-6-11-21/h16H,3-15H2,1-2H3,(H2,18,19,20). The van der Waals surface area contributed by atoms with Gasteiger partial charge in [0.2, 0.25) is 0 Å². The second-order valence-corrected chi connectivity index (χ2v) is 6.74. The molecule has 1 atom stereocenters. The van der Waals surface area contributed by atoms with Crippen molar-refractivity contribution in [2.45, 2.75) is 39.0 Å². The summed E-state index contributed by atoms with van der Waals surface area (Å²) in [4.78, 5) is 9.49. The maximum atomic E-state index is 4.35. The SMILES string of the molecule is CCCN1CCC(CNC(=NC)NCCN2CCCCC2)C1. The number of piperidine rings is 1. The van der Waals surface area contributed by atoms with Gasteiger partial charge in [-0.25, -0.2) is 0 Å². The molecule has 5 heteroatoms. The first-order valence-electron chi connectivity index (χ1n) is 9.21. The predicted octanol–water partition coefficient (Wildman–Crippen LogP) is 1.37. The lowest BCUT2D eigenvalue weighted by Crippen LogP contribution is -2.44. The summed E-state index contributed by atoms with van der Waals surface area (Å²) in [7, 11) is 1.87. The van der Waals surface area contributed by atoms with E-state index >= 15 is 0 Å². The van der Waals surface area contributed by atoms with E-state index in [-0.39, 0.29) is 0 Å². The van der Waals surface area contributed by atoms with Gasteiger partial charge in [0.15, 0.2) is 5.96 Å². The topological polar surface area (TPSA) is 42.9 Å². The molecule has 2 aliphatic rings. The number of hydrogen-bond acceptors (Lipinski definition) is 3. The Labute approximate surface area is 136 Å². The van der Waals surface area contributed by atoms with Crippen LogP contribution in [0, 0.1) is 5.92 Å². The molecule has 0 aliphatic carbocycles. The van der Waals surface area contributed by atoms with Crippen LogP contribution < -0.4 is 10.6 Å². The van der Waals surface area contributed by atoms with E-state index in [0.29, 0.717) is 0 Å². The minimum atomic E-state index is 0.771. The highest BCUT2D eigenvalue weighted by Gasteiger charge is 2.21. The molecule has 2 saturated heterocycles. The molecule has 0 aromatic carbocycles. The summed E-state index contributed by atoms with van der Waals surface area (Å²) in [6.45, 7) is 11.7. The molecular weight excluding hydrogens is 274 g/mol. The highest BCUT2D eigenvalue weighted by molar-refractivity contribution is 5.79. The van der Waals surface area contributed by atoms with Gasteiger partial charge in [0.25, 0.3) is 0 Å². The van der Waals surface area contributed by atoms with Crippen LogP contribution in [0.5, 0.6) is 0 Å². The largest absolute Gasteiger partial charge is 0.356 e. The first-order chi connectivity index (χ1) is 10.8. The molecule has 0 aromatic heterocycles. The molecule has 2 heterocycles. The monoisotopic (exact) mass is 309 g/mol. The molecular formula is C17H35N5. The van der Waals surface area contributed by atoms with Crippen molar-refractivity contribution in [2.24, 2.45) is 10.9 Å². The fourth-order valence-corrected chi connectivity index (χ4v) is 3.58. The van der Waals surface area contributed by atoms with Crippen molar-refractivity contribution in [3.8, 4) is 0 Å². The minimum absolute atomic E-state index is 0.771. The summed E-state index contributed by atoms with van der Waals surface area (Å²) in [5, 5.41) is 6.97. The summed E-state index contributed by atoms with van der Waals surface area (Å²) < 4.78 is 0. The van der Waals surface area contributed by atoms with E-state index in [1.165, 1.54) is 64.8 Å². The first kappa shape index (κ1) is 17.5. The zero-order valence-electron chi connectivity index (χ0n) is 14.6. The predicted molar refractivity (Wildman–Crippen MR) is 94.5 cm³/mol. The Balaban J connectivity index is 1.57. The lowest BCUT2D eigenvalue weighted by molar-refractivity contribution is 0.232. The van der Waals surface area contributed by atoms with Crippen LogP contribution >= 0.6 is 0 Å². The summed E-state index contributed by atoms with van der Waals surface area (Å²) in [6, 6.07) is 0. The quantitative estimate of drug-likeness (QED) is 0.551. The maximum absolute atomic E-state index is 4.35. The fourth-order valence-electron chi connectivity index (χ4n) is 3.58. The van der Waals surface area contributed by atoms with Crippen LogP contribution in [0.2, 0.25) is 0 Å². The van der Waals surface area contributed by atoms with Crippen LogP contribution in [0.15, 0.2) is 4.99 Å². The van der Waals surface area contributed by atoms with Crippen LogP contribution in [-0.2, 0) is 0 Å². The van der Waals surface area contributed by atoms with E-state index in [4.69, 9.17) is 0 Å². The van der Waals surface area contributed by atoms with Gasteiger partial charge in [0, 0.05) is 33.2 Å².